The first-order valence-electron chi connectivity index (χ1n) is 16.2. The van der Waals surface area contributed by atoms with E-state index in [4.69, 9.17) is 14.5 Å². The van der Waals surface area contributed by atoms with Crippen LogP contribution in [0.25, 0.3) is 38.9 Å². The predicted molar refractivity (Wildman–Crippen MR) is 180 cm³/mol. The molecule has 1 amide bonds. The van der Waals surface area contributed by atoms with Crippen molar-refractivity contribution < 1.29 is 27.8 Å². The summed E-state index contributed by atoms with van der Waals surface area (Å²) in [5.41, 5.74) is 3.87. The quantitative estimate of drug-likeness (QED) is 0.242. The van der Waals surface area contributed by atoms with Crippen molar-refractivity contribution in [3.05, 3.63) is 90.6 Å². The number of aromatic nitrogens is 6. The molecular weight excluding hydrogens is 646 g/mol. The Kier molecular flexibility index (Phi) is 7.65. The van der Waals surface area contributed by atoms with Gasteiger partial charge >= 0.3 is 5.97 Å². The molecule has 4 bridgehead atoms. The molecule has 2 aliphatic rings. The lowest BCUT2D eigenvalue weighted by atomic mass is 10.0. The fourth-order valence-corrected chi connectivity index (χ4v) is 7.15. The average Bonchev–Trinajstić information content (AvgIpc) is 3.79. The van der Waals surface area contributed by atoms with Gasteiger partial charge in [0.05, 0.1) is 42.3 Å². The number of fused-ring (bicyclic) bond motifs is 6. The van der Waals surface area contributed by atoms with Gasteiger partial charge in [0.25, 0.3) is 0 Å². The molecule has 50 heavy (non-hydrogen) atoms. The van der Waals surface area contributed by atoms with E-state index in [-0.39, 0.29) is 30.3 Å². The number of para-hydroxylation sites is 1. The van der Waals surface area contributed by atoms with Gasteiger partial charge in [-0.25, -0.2) is 28.4 Å². The van der Waals surface area contributed by atoms with Crippen LogP contribution in [0, 0.1) is 18.6 Å². The van der Waals surface area contributed by atoms with E-state index in [1.807, 2.05) is 58.9 Å². The number of esters is 1. The molecule has 254 valence electrons. The zero-order chi connectivity index (χ0) is 34.7. The van der Waals surface area contributed by atoms with E-state index in [2.05, 4.69) is 15.1 Å². The maximum atomic E-state index is 14.8. The predicted octanol–water partition coefficient (Wildman–Crippen LogP) is 4.85. The Hall–Kier alpha value is -5.92. The van der Waals surface area contributed by atoms with Crippen molar-refractivity contribution >= 4 is 39.8 Å². The molecule has 0 N–H and O–H groups in total. The van der Waals surface area contributed by atoms with E-state index in [0.717, 1.165) is 40.1 Å². The van der Waals surface area contributed by atoms with Gasteiger partial charge in [-0.1, -0.05) is 24.3 Å². The summed E-state index contributed by atoms with van der Waals surface area (Å²) in [7, 11) is 1.68. The number of anilines is 1. The minimum absolute atomic E-state index is 0.0193. The lowest BCUT2D eigenvalue weighted by Gasteiger charge is -2.30. The molecule has 0 saturated carbocycles. The molecule has 1 saturated heterocycles. The van der Waals surface area contributed by atoms with Crippen LogP contribution in [0.5, 0.6) is 5.75 Å². The summed E-state index contributed by atoms with van der Waals surface area (Å²) in [6.45, 7) is 3.94. The third-order valence-corrected chi connectivity index (χ3v) is 9.28. The number of hydrogen-bond acceptors (Lipinski definition) is 9. The van der Waals surface area contributed by atoms with Crippen LogP contribution in [0.1, 0.15) is 19.2 Å². The number of benzene rings is 3. The highest BCUT2D eigenvalue weighted by Gasteiger charge is 2.42. The number of ether oxygens (including phenoxy) is 2. The maximum Gasteiger partial charge on any atom is 0.303 e. The molecule has 14 heteroatoms. The van der Waals surface area contributed by atoms with Gasteiger partial charge < -0.3 is 23.8 Å². The number of likely N-dealkylation sites (N-methyl/N-ethyl adjacent to an activating group) is 1. The topological polar surface area (TPSA) is 120 Å². The molecule has 5 heterocycles. The van der Waals surface area contributed by atoms with Crippen LogP contribution < -0.4 is 9.64 Å². The Labute approximate surface area is 284 Å². The number of amides is 1. The first kappa shape index (κ1) is 31.4. The zero-order valence-electron chi connectivity index (χ0n) is 27.5. The second-order valence-corrected chi connectivity index (χ2v) is 12.7. The van der Waals surface area contributed by atoms with Gasteiger partial charge in [0, 0.05) is 32.0 Å². The summed E-state index contributed by atoms with van der Waals surface area (Å²) in [6.07, 6.45) is 2.06. The van der Waals surface area contributed by atoms with Gasteiger partial charge in [-0.05, 0) is 42.8 Å². The molecule has 0 unspecified atom stereocenters. The Morgan fingerprint density at radius 1 is 1.02 bits per heavy atom. The maximum absolute atomic E-state index is 14.8. The SMILES string of the molecule is CC(=O)O[C@H]1CN(C)C(=O)[C@@H]2C[C@@H](CN2c2ncnc3c2cnn3-c2ccc(F)cc2F)Oc2cccc(c2)-c2cccc3nc(C)n(c23)C1. The molecule has 3 atom stereocenters. The van der Waals surface area contributed by atoms with Crippen molar-refractivity contribution in [3.63, 3.8) is 0 Å². The van der Waals surface area contributed by atoms with Gasteiger partial charge in [0.1, 0.15) is 53.5 Å². The first-order chi connectivity index (χ1) is 24.1. The monoisotopic (exact) mass is 678 g/mol. The lowest BCUT2D eigenvalue weighted by Crippen LogP contribution is -2.47. The number of hydrogen-bond donors (Lipinski definition) is 0. The van der Waals surface area contributed by atoms with E-state index in [0.29, 0.717) is 29.9 Å². The van der Waals surface area contributed by atoms with Crippen LogP contribution in [0.15, 0.2) is 73.2 Å². The summed E-state index contributed by atoms with van der Waals surface area (Å²) >= 11 is 0. The average molecular weight is 679 g/mol. The number of aryl methyl sites for hydroxylation is 1. The summed E-state index contributed by atoms with van der Waals surface area (Å²) in [5, 5.41) is 4.84. The summed E-state index contributed by atoms with van der Waals surface area (Å²) in [4.78, 5) is 43.9. The molecule has 8 rings (SSSR count). The Morgan fingerprint density at radius 2 is 1.86 bits per heavy atom. The molecule has 12 nitrogen and oxygen atoms in total. The van der Waals surface area contributed by atoms with E-state index in [9.17, 15) is 18.4 Å². The van der Waals surface area contributed by atoms with Crippen molar-refractivity contribution in [2.75, 3.05) is 25.0 Å². The molecule has 0 radical (unpaired) electrons. The number of carbonyl (C=O) groups excluding carboxylic acids is 2. The van der Waals surface area contributed by atoms with Crippen molar-refractivity contribution in [1.29, 1.82) is 0 Å². The molecule has 6 aromatic rings. The van der Waals surface area contributed by atoms with Crippen molar-refractivity contribution in [1.82, 2.24) is 34.2 Å². The van der Waals surface area contributed by atoms with Gasteiger partial charge in [-0.15, -0.1) is 0 Å². The highest BCUT2D eigenvalue weighted by atomic mass is 19.1. The van der Waals surface area contributed by atoms with Crippen LogP contribution >= 0.6 is 0 Å². The van der Waals surface area contributed by atoms with Gasteiger partial charge in [-0.3, -0.25) is 9.59 Å². The molecule has 0 spiro atoms. The summed E-state index contributed by atoms with van der Waals surface area (Å²) < 4.78 is 44.2. The van der Waals surface area contributed by atoms with Crippen molar-refractivity contribution in [3.8, 4) is 22.6 Å². The molecular formula is C36H32F2N8O4. The van der Waals surface area contributed by atoms with Crippen LogP contribution in [-0.4, -0.2) is 84.5 Å². The zero-order valence-corrected chi connectivity index (χ0v) is 27.5. The third kappa shape index (κ3) is 5.46. The van der Waals surface area contributed by atoms with Gasteiger partial charge in [0.2, 0.25) is 5.91 Å². The lowest BCUT2D eigenvalue weighted by molar-refractivity contribution is -0.150. The Balaban J connectivity index is 1.23. The van der Waals surface area contributed by atoms with E-state index < -0.39 is 35.9 Å². The number of carbonyl (C=O) groups is 2. The largest absolute Gasteiger partial charge is 0.488 e. The number of imidazole rings is 1. The Bertz CT molecular complexity index is 2310. The summed E-state index contributed by atoms with van der Waals surface area (Å²) in [6, 6.07) is 16.2. The van der Waals surface area contributed by atoms with Crippen LogP contribution in [0.3, 0.4) is 0 Å². The minimum atomic E-state index is -0.800. The number of nitrogens with zero attached hydrogens (tertiary/aromatic N) is 8. The second-order valence-electron chi connectivity index (χ2n) is 12.7. The van der Waals surface area contributed by atoms with Gasteiger partial charge in [-0.2, -0.15) is 5.10 Å². The molecule has 0 aliphatic carbocycles. The first-order valence-corrected chi connectivity index (χ1v) is 16.2. The van der Waals surface area contributed by atoms with E-state index in [1.54, 1.807) is 11.9 Å². The van der Waals surface area contributed by atoms with Crippen molar-refractivity contribution in [2.45, 2.75) is 45.1 Å². The van der Waals surface area contributed by atoms with Crippen LogP contribution in [-0.2, 0) is 20.9 Å². The minimum Gasteiger partial charge on any atom is -0.488 e. The molecule has 3 aromatic carbocycles. The fourth-order valence-electron chi connectivity index (χ4n) is 7.15. The van der Waals surface area contributed by atoms with E-state index >= 15 is 0 Å². The normalized spacial score (nSPS) is 19.4. The van der Waals surface area contributed by atoms with Crippen LogP contribution in [0.4, 0.5) is 14.6 Å². The highest BCUT2D eigenvalue weighted by Crippen LogP contribution is 2.36. The highest BCUT2D eigenvalue weighted by molar-refractivity contribution is 5.94. The number of rotatable bonds is 3. The second kappa shape index (κ2) is 12.2. The smallest absolute Gasteiger partial charge is 0.303 e. The van der Waals surface area contributed by atoms with E-state index in [1.165, 1.54) is 30.2 Å². The molecule has 1 fully saturated rings. The molecule has 3 aromatic heterocycles. The standard InChI is InChI=1S/C36H32F2N8O4/c1-20-42-30-9-5-8-27-22-6-4-7-24(12-22)50-25-14-32(36(48)43(3)16-26(49-21(2)47)18-44(20)33(27)30)45(17-25)34-28-15-41-46(35(28)40-19-39-34)31-11-10-23(37)13-29(31)38/h4-13,15,19,25-26,32H,14,16-18H2,1-3H3/t25-,26-,32-/m0/s1. The summed E-state index contributed by atoms with van der Waals surface area (Å²) in [5.74, 6) is -0.407. The number of halogens is 2. The van der Waals surface area contributed by atoms with Gasteiger partial charge in [0.15, 0.2) is 11.5 Å². The third-order valence-electron chi connectivity index (χ3n) is 9.28. The molecule has 2 aliphatic heterocycles. The fraction of sp³-hybridized carbons (Fsp3) is 0.278. The Morgan fingerprint density at radius 3 is 2.68 bits per heavy atom. The van der Waals surface area contributed by atoms with Crippen LogP contribution in [0.2, 0.25) is 0 Å². The van der Waals surface area contributed by atoms with Crippen molar-refractivity contribution in [2.24, 2.45) is 0 Å².